The molecule has 0 nitrogen and oxygen atoms in total. The number of allylic oxidation sites excluding steroid dienone is 4. The van der Waals surface area contributed by atoms with Gasteiger partial charge in [-0.1, -0.05) is 0 Å². The van der Waals surface area contributed by atoms with Gasteiger partial charge in [-0.05, 0) is 0 Å². The predicted molar refractivity (Wildman–Crippen MR) is 111 cm³/mol. The summed E-state index contributed by atoms with van der Waals surface area (Å²) in [4.78, 5) is 0. The molecule has 2 aliphatic rings. The van der Waals surface area contributed by atoms with Crippen LogP contribution in [-0.2, 0) is 27.7 Å². The fourth-order valence-electron chi connectivity index (χ4n) is 4.85. The van der Waals surface area contributed by atoms with Crippen molar-refractivity contribution in [3.8, 4) is 11.1 Å². The number of rotatable bonds is 4. The molecule has 0 N–H and O–H groups in total. The van der Waals surface area contributed by atoms with Crippen LogP contribution in [0.5, 0.6) is 0 Å². The van der Waals surface area contributed by atoms with Crippen LogP contribution in [-0.4, -0.2) is 3.21 Å². The third-order valence-corrected chi connectivity index (χ3v) is 15.3. The fraction of sp³-hybridized carbons (Fsp3) is 0.320. The zero-order valence-electron chi connectivity index (χ0n) is 17.0. The second-order valence-corrected chi connectivity index (χ2v) is 14.6. The molecule has 0 radical (unpaired) electrons. The maximum absolute atomic E-state index is 2.48. The van der Waals surface area contributed by atoms with E-state index in [0.717, 1.165) is 6.42 Å². The van der Waals surface area contributed by atoms with Gasteiger partial charge in [0.25, 0.3) is 0 Å². The van der Waals surface area contributed by atoms with E-state index in [1.54, 1.807) is 8.83 Å². The van der Waals surface area contributed by atoms with Crippen LogP contribution in [0.15, 0.2) is 66.8 Å². The number of hydrogen-bond donors (Lipinski definition) is 0. The Hall–Kier alpha value is -0.747. The molecule has 28 heavy (non-hydrogen) atoms. The normalized spacial score (nSPS) is 13.6. The number of fused-ring (bicyclic) bond motifs is 3. The topological polar surface area (TPSA) is 0 Å². The van der Waals surface area contributed by atoms with Gasteiger partial charge in [0.1, 0.15) is 0 Å². The zero-order valence-corrected chi connectivity index (χ0v) is 21.0. The summed E-state index contributed by atoms with van der Waals surface area (Å²) in [5, 5.41) is 0. The summed E-state index contributed by atoms with van der Waals surface area (Å²) in [6.07, 6.45) is 10.6. The summed E-state index contributed by atoms with van der Waals surface area (Å²) >= 11 is -2.05. The first-order chi connectivity index (χ1) is 12.6. The summed E-state index contributed by atoms with van der Waals surface area (Å²) in [7, 11) is 0. The first-order valence-corrected chi connectivity index (χ1v) is 13.7. The largest absolute Gasteiger partial charge is 1.00 e. The van der Waals surface area contributed by atoms with Crippen LogP contribution in [0.3, 0.4) is 0 Å². The van der Waals surface area contributed by atoms with Crippen LogP contribution in [0.25, 0.3) is 11.1 Å². The van der Waals surface area contributed by atoms with Crippen LogP contribution in [0.4, 0.5) is 0 Å². The van der Waals surface area contributed by atoms with E-state index in [2.05, 4.69) is 94.5 Å². The Balaban J connectivity index is 0.00000140. The standard InChI is InChI=1S/C13H9.C7H14.C5H5.2ClH.Zr/c1-3-7-12-10(5-1)9-11-6-2-4-8-13(11)12;1-6(2)5-7(3)4;1-2-4-5-3-1;;;/h1-5,7-8H,9H2;6-7H,1-4H3;1-5H;2*1H;/q;;;;;+2/p-2. The number of halogens is 2. The molecule has 0 atom stereocenters. The van der Waals surface area contributed by atoms with Crippen LogP contribution in [0, 0.1) is 11.8 Å². The van der Waals surface area contributed by atoms with Gasteiger partial charge in [-0.25, -0.2) is 0 Å². The molecule has 4 rings (SSSR count). The van der Waals surface area contributed by atoms with Crippen LogP contribution in [0.1, 0.15) is 38.8 Å². The van der Waals surface area contributed by atoms with Gasteiger partial charge in [-0.3, -0.25) is 0 Å². The van der Waals surface area contributed by atoms with Gasteiger partial charge in [0, 0.05) is 0 Å². The van der Waals surface area contributed by atoms with Gasteiger partial charge >= 0.3 is 166 Å². The Kier molecular flexibility index (Phi) is 8.27. The van der Waals surface area contributed by atoms with Gasteiger partial charge in [0.15, 0.2) is 0 Å². The van der Waals surface area contributed by atoms with E-state index in [9.17, 15) is 0 Å². The Morgan fingerprint density at radius 2 is 1.43 bits per heavy atom. The van der Waals surface area contributed by atoms with E-state index in [1.165, 1.54) is 16.7 Å². The van der Waals surface area contributed by atoms with E-state index >= 15 is 0 Å². The third kappa shape index (κ3) is 4.23. The molecule has 2 aromatic carbocycles. The van der Waals surface area contributed by atoms with E-state index in [-0.39, 0.29) is 24.8 Å². The van der Waals surface area contributed by atoms with Gasteiger partial charge in [0.05, 0.1) is 0 Å². The molecule has 3 heteroatoms. The van der Waals surface area contributed by atoms with Crippen molar-refractivity contribution in [2.75, 3.05) is 0 Å². The Labute approximate surface area is 190 Å². The molecule has 146 valence electrons. The minimum atomic E-state index is -2.05. The Morgan fingerprint density at radius 1 is 0.821 bits per heavy atom. The minimum absolute atomic E-state index is 0. The monoisotopic (exact) mass is 488 g/mol. The van der Waals surface area contributed by atoms with Gasteiger partial charge in [-0.15, -0.1) is 0 Å². The molecular formula is C25H28Cl2Zr. The summed E-state index contributed by atoms with van der Waals surface area (Å²) in [5.41, 5.74) is 6.09. The molecule has 2 aromatic rings. The molecular weight excluding hydrogens is 462 g/mol. The summed E-state index contributed by atoms with van der Waals surface area (Å²) in [5.74, 6) is 1.35. The van der Waals surface area contributed by atoms with Crippen molar-refractivity contribution >= 4 is 6.48 Å². The van der Waals surface area contributed by atoms with E-state index < -0.39 is 21.3 Å². The average molecular weight is 491 g/mol. The fourth-order valence-corrected chi connectivity index (χ4v) is 14.0. The van der Waals surface area contributed by atoms with Crippen molar-refractivity contribution in [2.45, 2.75) is 37.7 Å². The Morgan fingerprint density at radius 3 is 2.07 bits per heavy atom. The maximum atomic E-state index is 2.48. The average Bonchev–Trinajstić information content (AvgIpc) is 3.26. The summed E-state index contributed by atoms with van der Waals surface area (Å²) < 4.78 is 4.28. The first-order valence-electron chi connectivity index (χ1n) is 9.87. The van der Waals surface area contributed by atoms with Crippen LogP contribution >= 0.6 is 0 Å². The summed E-state index contributed by atoms with van der Waals surface area (Å²) in [6.45, 7) is 9.65. The van der Waals surface area contributed by atoms with Gasteiger partial charge in [0.2, 0.25) is 0 Å². The molecule has 0 saturated carbocycles. The van der Waals surface area contributed by atoms with Crippen LogP contribution in [0.2, 0.25) is 3.63 Å². The molecule has 0 amide bonds. The molecule has 0 spiro atoms. The van der Waals surface area contributed by atoms with Crippen molar-refractivity contribution < 1.29 is 46.1 Å². The van der Waals surface area contributed by atoms with Crippen molar-refractivity contribution in [3.05, 3.63) is 77.9 Å². The van der Waals surface area contributed by atoms with E-state index in [1.807, 2.05) is 3.21 Å². The molecule has 0 heterocycles. The minimum Gasteiger partial charge on any atom is -1.00 e. The maximum Gasteiger partial charge on any atom is -1.00 e. The Bertz CT molecular complexity index is 913. The van der Waals surface area contributed by atoms with Crippen LogP contribution < -0.4 is 28.1 Å². The van der Waals surface area contributed by atoms with Gasteiger partial charge in [-0.2, -0.15) is 0 Å². The van der Waals surface area contributed by atoms with Crippen molar-refractivity contribution in [1.29, 1.82) is 0 Å². The van der Waals surface area contributed by atoms with Crippen molar-refractivity contribution in [3.63, 3.8) is 0 Å². The number of benzene rings is 2. The van der Waals surface area contributed by atoms with Crippen molar-refractivity contribution in [1.82, 2.24) is 0 Å². The summed E-state index contributed by atoms with van der Waals surface area (Å²) in [6, 6.07) is 16.1. The van der Waals surface area contributed by atoms with E-state index in [0.29, 0.717) is 15.5 Å². The van der Waals surface area contributed by atoms with Crippen molar-refractivity contribution in [2.24, 2.45) is 11.8 Å². The zero-order chi connectivity index (χ0) is 18.3. The molecule has 0 unspecified atom stereocenters. The second kappa shape index (κ2) is 9.84. The molecule has 0 saturated heterocycles. The van der Waals surface area contributed by atoms with Gasteiger partial charge < -0.3 is 24.8 Å². The quantitative estimate of drug-likeness (QED) is 0.480. The third-order valence-electron chi connectivity index (χ3n) is 5.78. The molecule has 2 aliphatic carbocycles. The SMILES string of the molecule is CC(C)[C](C(C)C)=[Zr+2]([c]1cccc2c1Cc1ccccc1-2)[CH]1C=CC=C1.[Cl-].[Cl-]. The molecule has 0 aromatic heterocycles. The molecule has 0 fully saturated rings. The number of hydrogen-bond acceptors (Lipinski definition) is 0. The first kappa shape index (κ1) is 23.5. The predicted octanol–water partition coefficient (Wildman–Crippen LogP) is -0.0918. The van der Waals surface area contributed by atoms with E-state index in [4.69, 9.17) is 0 Å². The molecule has 0 bridgehead atoms. The second-order valence-electron chi connectivity index (χ2n) is 8.14. The molecule has 0 aliphatic heterocycles. The smallest absolute Gasteiger partial charge is 1.00 e.